The van der Waals surface area contributed by atoms with Crippen molar-refractivity contribution in [2.45, 2.75) is 83.7 Å². The van der Waals surface area contributed by atoms with Crippen molar-refractivity contribution in [2.75, 3.05) is 6.54 Å². The lowest BCUT2D eigenvalue weighted by Gasteiger charge is -2.30. The zero-order valence-electron chi connectivity index (χ0n) is 19.2. The van der Waals surface area contributed by atoms with Gasteiger partial charge in [0.1, 0.15) is 5.54 Å². The smallest absolute Gasteiger partial charge is 0.322 e. The summed E-state index contributed by atoms with van der Waals surface area (Å²) >= 11 is 0. The predicted octanol–water partition coefficient (Wildman–Crippen LogP) is 3.77. The first-order valence-corrected chi connectivity index (χ1v) is 11.6. The Morgan fingerprint density at radius 3 is 2.26 bits per heavy atom. The molecule has 1 heterocycles. The molecular weight excluding hydrogens is 392 g/mol. The van der Waals surface area contributed by atoms with Crippen LogP contribution < -0.4 is 16.1 Å². The molecule has 1 saturated carbocycles. The molecule has 1 spiro atoms. The van der Waals surface area contributed by atoms with E-state index in [0.29, 0.717) is 18.8 Å². The molecule has 3 rings (SSSR count). The first-order chi connectivity index (χ1) is 14.8. The summed E-state index contributed by atoms with van der Waals surface area (Å²) in [6.45, 7) is 8.60. The Morgan fingerprint density at radius 1 is 1.06 bits per heavy atom. The van der Waals surface area contributed by atoms with Crippen molar-refractivity contribution in [2.24, 2.45) is 5.92 Å². The van der Waals surface area contributed by atoms with Gasteiger partial charge in [-0.15, -0.1) is 0 Å². The van der Waals surface area contributed by atoms with Crippen LogP contribution >= 0.6 is 0 Å². The minimum Gasteiger partial charge on any atom is -0.322 e. The molecule has 0 unspecified atom stereocenters. The van der Waals surface area contributed by atoms with Crippen LogP contribution in [0.1, 0.15) is 89.3 Å². The summed E-state index contributed by atoms with van der Waals surface area (Å²) in [6.07, 6.45) is 5.22. The van der Waals surface area contributed by atoms with E-state index in [1.807, 2.05) is 0 Å². The van der Waals surface area contributed by atoms with Crippen molar-refractivity contribution in [3.63, 3.8) is 0 Å². The average molecular weight is 429 g/mol. The first-order valence-electron chi connectivity index (χ1n) is 11.6. The second kappa shape index (κ2) is 9.81. The molecule has 1 aliphatic carbocycles. The van der Waals surface area contributed by atoms with Gasteiger partial charge in [0.2, 0.25) is 0 Å². The van der Waals surface area contributed by atoms with Gasteiger partial charge in [0.15, 0.2) is 0 Å². The third-order valence-corrected chi connectivity index (χ3v) is 6.73. The molecule has 3 N–H and O–H groups in total. The summed E-state index contributed by atoms with van der Waals surface area (Å²) in [5.74, 6) is 0.0381. The van der Waals surface area contributed by atoms with Gasteiger partial charge in [0.05, 0.1) is 6.54 Å². The predicted molar refractivity (Wildman–Crippen MR) is 120 cm³/mol. The molecule has 1 aliphatic heterocycles. The molecule has 0 radical (unpaired) electrons. The minimum atomic E-state index is -0.839. The van der Waals surface area contributed by atoms with Crippen LogP contribution in [0, 0.1) is 5.92 Å². The van der Waals surface area contributed by atoms with Gasteiger partial charge in [-0.1, -0.05) is 71.2 Å². The number of nitrogens with one attached hydrogen (secondary N) is 3. The molecule has 170 valence electrons. The molecule has 7 nitrogen and oxygen atoms in total. The molecule has 0 aromatic heterocycles. The van der Waals surface area contributed by atoms with Gasteiger partial charge < -0.3 is 10.6 Å². The van der Waals surface area contributed by atoms with E-state index in [9.17, 15) is 14.4 Å². The summed E-state index contributed by atoms with van der Waals surface area (Å²) in [4.78, 5) is 37.7. The summed E-state index contributed by atoms with van der Waals surface area (Å²) in [5, 5.41) is 6.96. The van der Waals surface area contributed by atoms with Crippen molar-refractivity contribution < 1.29 is 14.4 Å². The third kappa shape index (κ3) is 5.09. The number of benzene rings is 1. The van der Waals surface area contributed by atoms with E-state index >= 15 is 0 Å². The van der Waals surface area contributed by atoms with Crippen molar-refractivity contribution in [1.82, 2.24) is 21.1 Å². The van der Waals surface area contributed by atoms with E-state index in [-0.39, 0.29) is 24.4 Å². The number of urea groups is 1. The molecule has 2 fully saturated rings. The maximum atomic E-state index is 12.8. The number of rotatable bonds is 8. The lowest BCUT2D eigenvalue weighted by molar-refractivity contribution is -0.139. The quantitative estimate of drug-likeness (QED) is 0.550. The van der Waals surface area contributed by atoms with Crippen LogP contribution in [0.25, 0.3) is 0 Å². The second-order valence-corrected chi connectivity index (χ2v) is 9.33. The highest BCUT2D eigenvalue weighted by atomic mass is 16.2. The van der Waals surface area contributed by atoms with Crippen LogP contribution in [-0.4, -0.2) is 34.9 Å². The van der Waals surface area contributed by atoms with Gasteiger partial charge in [-0.05, 0) is 42.2 Å². The highest BCUT2D eigenvalue weighted by Crippen LogP contribution is 2.33. The van der Waals surface area contributed by atoms with Gasteiger partial charge in [0.25, 0.3) is 11.8 Å². The van der Waals surface area contributed by atoms with Crippen LogP contribution in [-0.2, 0) is 9.59 Å². The molecule has 1 aromatic rings. The fourth-order valence-electron chi connectivity index (χ4n) is 4.59. The van der Waals surface area contributed by atoms with Crippen molar-refractivity contribution in [3.8, 4) is 0 Å². The molecule has 2 aliphatic rings. The SMILES string of the molecule is CC[C@@H](C)c1ccc([C@@H](NCC(=O)NN2C(=O)NC3(CCCCC3)C2=O)C(C)C)cc1. The Balaban J connectivity index is 1.59. The van der Waals surface area contributed by atoms with Gasteiger partial charge in [0, 0.05) is 6.04 Å². The van der Waals surface area contributed by atoms with Crippen molar-refractivity contribution in [1.29, 1.82) is 0 Å². The van der Waals surface area contributed by atoms with E-state index in [0.717, 1.165) is 36.3 Å². The van der Waals surface area contributed by atoms with Crippen LogP contribution in [0.4, 0.5) is 4.79 Å². The van der Waals surface area contributed by atoms with Crippen molar-refractivity contribution in [3.05, 3.63) is 35.4 Å². The van der Waals surface area contributed by atoms with Gasteiger partial charge in [-0.2, -0.15) is 5.01 Å². The summed E-state index contributed by atoms with van der Waals surface area (Å²) in [6, 6.07) is 7.98. The maximum Gasteiger partial charge on any atom is 0.344 e. The van der Waals surface area contributed by atoms with E-state index in [1.165, 1.54) is 5.56 Å². The molecular formula is C24H36N4O3. The fourth-order valence-corrected chi connectivity index (χ4v) is 4.59. The number of hydrogen-bond acceptors (Lipinski definition) is 4. The van der Waals surface area contributed by atoms with Gasteiger partial charge in [-0.3, -0.25) is 15.0 Å². The number of carbonyl (C=O) groups excluding carboxylic acids is 3. The normalized spacial score (nSPS) is 20.1. The number of hydrazine groups is 1. The number of imide groups is 1. The number of carbonyl (C=O) groups is 3. The van der Waals surface area contributed by atoms with E-state index in [2.05, 4.69) is 68.0 Å². The third-order valence-electron chi connectivity index (χ3n) is 6.73. The largest absolute Gasteiger partial charge is 0.344 e. The summed E-state index contributed by atoms with van der Waals surface area (Å²) < 4.78 is 0. The Labute approximate surface area is 185 Å². The van der Waals surface area contributed by atoms with Crippen LogP contribution in [0.2, 0.25) is 0 Å². The lowest BCUT2D eigenvalue weighted by atomic mass is 9.82. The highest BCUT2D eigenvalue weighted by Gasteiger charge is 2.52. The summed E-state index contributed by atoms with van der Waals surface area (Å²) in [5.41, 5.74) is 4.08. The molecule has 31 heavy (non-hydrogen) atoms. The molecule has 0 bridgehead atoms. The van der Waals surface area contributed by atoms with Gasteiger partial charge >= 0.3 is 6.03 Å². The molecule has 1 aromatic carbocycles. The number of hydrogen-bond donors (Lipinski definition) is 3. The topological polar surface area (TPSA) is 90.5 Å². The minimum absolute atomic E-state index is 0.00970. The van der Waals surface area contributed by atoms with Crippen molar-refractivity contribution >= 4 is 17.8 Å². The zero-order valence-corrected chi connectivity index (χ0v) is 19.2. The maximum absolute atomic E-state index is 12.8. The second-order valence-electron chi connectivity index (χ2n) is 9.33. The van der Waals surface area contributed by atoms with Gasteiger partial charge in [-0.25, -0.2) is 4.79 Å². The van der Waals surface area contributed by atoms with E-state index < -0.39 is 17.5 Å². The Bertz CT molecular complexity index is 800. The zero-order chi connectivity index (χ0) is 22.6. The summed E-state index contributed by atoms with van der Waals surface area (Å²) in [7, 11) is 0. The van der Waals surface area contributed by atoms with E-state index in [4.69, 9.17) is 0 Å². The molecule has 4 amide bonds. The van der Waals surface area contributed by atoms with Crippen LogP contribution in [0.3, 0.4) is 0 Å². The lowest BCUT2D eigenvalue weighted by Crippen LogP contribution is -2.52. The average Bonchev–Trinajstić information content (AvgIpc) is 2.97. The molecule has 1 saturated heterocycles. The van der Waals surface area contributed by atoms with Crippen LogP contribution in [0.15, 0.2) is 24.3 Å². The Hall–Kier alpha value is -2.41. The molecule has 7 heteroatoms. The van der Waals surface area contributed by atoms with Crippen LogP contribution in [0.5, 0.6) is 0 Å². The molecule has 2 atom stereocenters. The monoisotopic (exact) mass is 428 g/mol. The Kier molecular flexibility index (Phi) is 7.36. The Morgan fingerprint density at radius 2 is 1.68 bits per heavy atom. The first kappa shape index (κ1) is 23.3. The number of amides is 4. The standard InChI is InChI=1S/C24H36N4O3/c1-5-17(4)18-9-11-19(12-10-18)21(16(2)3)25-15-20(29)27-28-22(30)24(26-23(28)31)13-7-6-8-14-24/h9-12,16-17,21,25H,5-8,13-15H2,1-4H3,(H,26,31)(H,27,29)/t17-,21+/m1/s1. The number of nitrogens with zero attached hydrogens (tertiary/aromatic N) is 1. The van der Waals surface area contributed by atoms with E-state index in [1.54, 1.807) is 0 Å². The fraction of sp³-hybridized carbons (Fsp3) is 0.625. The highest BCUT2D eigenvalue weighted by molar-refractivity contribution is 6.08.